The molecule has 7 heteroatoms. The number of hydrogen-bond acceptors (Lipinski definition) is 7. The Hall–Kier alpha value is -5.09. The first-order valence-corrected chi connectivity index (χ1v) is 11.5. The van der Waals surface area contributed by atoms with Crippen molar-refractivity contribution in [1.82, 2.24) is 19.9 Å². The molecule has 0 bridgehead atoms. The maximum atomic E-state index is 5.57. The van der Waals surface area contributed by atoms with Crippen molar-refractivity contribution >= 4 is 45.7 Å². The minimum Gasteiger partial charge on any atom is -0.340 e. The van der Waals surface area contributed by atoms with Gasteiger partial charge in [0.15, 0.2) is 0 Å². The monoisotopic (exact) mass is 467 g/mol. The maximum absolute atomic E-state index is 5.57. The molecule has 1 aliphatic rings. The summed E-state index contributed by atoms with van der Waals surface area (Å²) in [6.07, 6.45) is 13.3. The third-order valence-corrected chi connectivity index (χ3v) is 6.16. The molecule has 4 heterocycles. The van der Waals surface area contributed by atoms with Gasteiger partial charge in [-0.25, -0.2) is 19.9 Å². The summed E-state index contributed by atoms with van der Waals surface area (Å²) in [4.78, 5) is 22.7. The van der Waals surface area contributed by atoms with Gasteiger partial charge in [-0.3, -0.25) is 4.99 Å². The molecule has 0 saturated carbocycles. The van der Waals surface area contributed by atoms with E-state index >= 15 is 0 Å². The first-order chi connectivity index (χ1) is 17.7. The summed E-state index contributed by atoms with van der Waals surface area (Å²) < 4.78 is 0. The van der Waals surface area contributed by atoms with Crippen LogP contribution in [0.2, 0.25) is 0 Å². The van der Waals surface area contributed by atoms with E-state index in [1.54, 1.807) is 18.7 Å². The van der Waals surface area contributed by atoms with Crippen molar-refractivity contribution < 1.29 is 0 Å². The Morgan fingerprint density at radius 1 is 0.861 bits per heavy atom. The van der Waals surface area contributed by atoms with Crippen LogP contribution in [0.1, 0.15) is 16.8 Å². The van der Waals surface area contributed by atoms with Crippen molar-refractivity contribution in [3.05, 3.63) is 90.1 Å². The average molecular weight is 468 g/mol. The molecule has 0 amide bonds. The molecule has 0 saturated heterocycles. The molecule has 0 spiro atoms. The number of benzene rings is 2. The molecule has 1 aliphatic heterocycles. The number of nitrogens with zero attached hydrogens (tertiary/aromatic N) is 5. The number of pyridine rings is 2. The molecule has 0 unspecified atom stereocenters. The summed E-state index contributed by atoms with van der Waals surface area (Å²) in [7, 11) is 0. The van der Waals surface area contributed by atoms with Crippen LogP contribution in [-0.2, 0) is 6.42 Å². The third kappa shape index (κ3) is 3.81. The van der Waals surface area contributed by atoms with Crippen molar-refractivity contribution in [3.63, 3.8) is 0 Å². The van der Waals surface area contributed by atoms with Gasteiger partial charge in [-0.1, -0.05) is 24.1 Å². The van der Waals surface area contributed by atoms with E-state index in [1.807, 2.05) is 48.7 Å². The predicted molar refractivity (Wildman–Crippen MR) is 145 cm³/mol. The zero-order valence-electron chi connectivity index (χ0n) is 19.5. The Labute approximate surface area is 208 Å². The van der Waals surface area contributed by atoms with Crippen LogP contribution in [0, 0.1) is 19.3 Å². The molecular formula is C29H21N7. The average Bonchev–Trinajstić information content (AvgIpc) is 3.40. The molecule has 3 aromatic heterocycles. The summed E-state index contributed by atoms with van der Waals surface area (Å²) in [5.74, 6) is 4.12. The molecule has 0 atom stereocenters. The maximum Gasteiger partial charge on any atom is 0.139 e. The SMILES string of the molecule is C#Cc1cccc(Nc2nccc3c(Nc4ncccc4-c4ncnc5c4N=CC5)c(C)ccc23)c1. The number of nitrogens with one attached hydrogen (secondary N) is 2. The zero-order valence-corrected chi connectivity index (χ0v) is 19.5. The van der Waals surface area contributed by atoms with Gasteiger partial charge in [-0.2, -0.15) is 0 Å². The molecule has 172 valence electrons. The van der Waals surface area contributed by atoms with Gasteiger partial charge in [-0.05, 0) is 48.9 Å². The van der Waals surface area contributed by atoms with Gasteiger partial charge in [0.2, 0.25) is 0 Å². The minimum atomic E-state index is 0.698. The molecular weight excluding hydrogens is 446 g/mol. The van der Waals surface area contributed by atoms with Gasteiger partial charge in [0.25, 0.3) is 0 Å². The summed E-state index contributed by atoms with van der Waals surface area (Å²) in [6, 6.07) is 17.8. The molecule has 0 fully saturated rings. The smallest absolute Gasteiger partial charge is 0.139 e. The Kier molecular flexibility index (Phi) is 5.32. The lowest BCUT2D eigenvalue weighted by Crippen LogP contribution is -2.02. The molecule has 0 aliphatic carbocycles. The number of hydrogen-bond donors (Lipinski definition) is 2. The number of aromatic nitrogens is 4. The molecule has 0 radical (unpaired) electrons. The lowest BCUT2D eigenvalue weighted by Gasteiger charge is -2.17. The summed E-state index contributed by atoms with van der Waals surface area (Å²) in [5, 5.41) is 8.98. The van der Waals surface area contributed by atoms with E-state index < -0.39 is 0 Å². The van der Waals surface area contributed by atoms with Crippen LogP contribution < -0.4 is 10.6 Å². The number of rotatable bonds is 5. The van der Waals surface area contributed by atoms with Gasteiger partial charge < -0.3 is 10.6 Å². The van der Waals surface area contributed by atoms with Crippen molar-refractivity contribution in [2.75, 3.05) is 10.6 Å². The van der Waals surface area contributed by atoms with Crippen LogP contribution in [0.15, 0.2) is 78.3 Å². The van der Waals surface area contributed by atoms with Gasteiger partial charge in [-0.15, -0.1) is 6.42 Å². The van der Waals surface area contributed by atoms with E-state index in [1.165, 1.54) is 0 Å². The second-order valence-corrected chi connectivity index (χ2v) is 8.42. The summed E-state index contributed by atoms with van der Waals surface area (Å²) in [6.45, 7) is 2.07. The van der Waals surface area contributed by atoms with Crippen molar-refractivity contribution in [2.24, 2.45) is 4.99 Å². The van der Waals surface area contributed by atoms with Crippen molar-refractivity contribution in [3.8, 4) is 23.6 Å². The normalized spacial score (nSPS) is 11.8. The van der Waals surface area contributed by atoms with Gasteiger partial charge in [0, 0.05) is 52.6 Å². The van der Waals surface area contributed by atoms with Crippen LogP contribution in [0.4, 0.5) is 28.7 Å². The Bertz CT molecular complexity index is 1700. The molecule has 2 N–H and O–H groups in total. The molecule has 2 aromatic carbocycles. The van der Waals surface area contributed by atoms with Crippen LogP contribution >= 0.6 is 0 Å². The fourth-order valence-electron chi connectivity index (χ4n) is 4.39. The first-order valence-electron chi connectivity index (χ1n) is 11.5. The van der Waals surface area contributed by atoms with E-state index in [0.29, 0.717) is 12.2 Å². The topological polar surface area (TPSA) is 88.0 Å². The van der Waals surface area contributed by atoms with E-state index in [0.717, 1.165) is 61.7 Å². The van der Waals surface area contributed by atoms with Gasteiger partial charge in [0.1, 0.15) is 29.3 Å². The van der Waals surface area contributed by atoms with Crippen LogP contribution in [0.5, 0.6) is 0 Å². The van der Waals surface area contributed by atoms with Crippen LogP contribution in [0.3, 0.4) is 0 Å². The minimum absolute atomic E-state index is 0.698. The van der Waals surface area contributed by atoms with Crippen LogP contribution in [0.25, 0.3) is 22.0 Å². The van der Waals surface area contributed by atoms with E-state index in [2.05, 4.69) is 60.5 Å². The number of aliphatic imine (C=N–C) groups is 1. The van der Waals surface area contributed by atoms with E-state index in [-0.39, 0.29) is 0 Å². The quantitative estimate of drug-likeness (QED) is 0.303. The highest BCUT2D eigenvalue weighted by atomic mass is 15.0. The highest BCUT2D eigenvalue weighted by Crippen LogP contribution is 2.39. The fraction of sp³-hybridized carbons (Fsp3) is 0.0690. The Balaban J connectivity index is 1.43. The predicted octanol–water partition coefficient (Wildman–Crippen LogP) is 6.12. The van der Waals surface area contributed by atoms with E-state index in [4.69, 9.17) is 6.42 Å². The zero-order chi connectivity index (χ0) is 24.5. The molecule has 7 nitrogen and oxygen atoms in total. The number of terminal acetylenes is 1. The lowest BCUT2D eigenvalue weighted by molar-refractivity contribution is 1.09. The fourth-order valence-corrected chi connectivity index (χ4v) is 4.39. The van der Waals surface area contributed by atoms with Gasteiger partial charge in [0.05, 0.1) is 11.4 Å². The van der Waals surface area contributed by atoms with Gasteiger partial charge >= 0.3 is 0 Å². The molecule has 36 heavy (non-hydrogen) atoms. The number of aryl methyl sites for hydroxylation is 1. The number of anilines is 4. The molecule has 5 aromatic rings. The first kappa shape index (κ1) is 21.4. The Morgan fingerprint density at radius 2 is 1.78 bits per heavy atom. The van der Waals surface area contributed by atoms with Crippen molar-refractivity contribution in [2.45, 2.75) is 13.3 Å². The van der Waals surface area contributed by atoms with Crippen LogP contribution in [-0.4, -0.2) is 26.2 Å². The van der Waals surface area contributed by atoms with Crippen molar-refractivity contribution in [1.29, 1.82) is 0 Å². The Morgan fingerprint density at radius 3 is 2.69 bits per heavy atom. The highest BCUT2D eigenvalue weighted by molar-refractivity contribution is 6.03. The largest absolute Gasteiger partial charge is 0.340 e. The lowest BCUT2D eigenvalue weighted by atomic mass is 10.0. The third-order valence-electron chi connectivity index (χ3n) is 6.16. The van der Waals surface area contributed by atoms with E-state index in [9.17, 15) is 0 Å². The standard InChI is InChI=1S/C29H21N7/c1-3-19-6-4-7-20(16-19)35-28-22-10-9-18(2)25(21(22)11-14-32-28)36-29-23(8-5-13-31-29)26-27-24(12-15-30-27)33-17-34-26/h1,4-11,13-17H,12H2,2H3,(H,31,36)(H,32,35). The number of fused-ring (bicyclic) bond motifs is 2. The summed E-state index contributed by atoms with van der Waals surface area (Å²) in [5.41, 5.74) is 7.07. The highest BCUT2D eigenvalue weighted by Gasteiger charge is 2.19. The second-order valence-electron chi connectivity index (χ2n) is 8.42. The second kappa shape index (κ2) is 8.93. The summed E-state index contributed by atoms with van der Waals surface area (Å²) >= 11 is 0. The molecule has 6 rings (SSSR count).